The summed E-state index contributed by atoms with van der Waals surface area (Å²) < 4.78 is 5.37. The molecule has 1 rings (SSSR count). The highest BCUT2D eigenvalue weighted by Gasteiger charge is 2.07. The summed E-state index contributed by atoms with van der Waals surface area (Å²) in [5.41, 5.74) is 1.85. The summed E-state index contributed by atoms with van der Waals surface area (Å²) in [7, 11) is 0. The van der Waals surface area contributed by atoms with Crippen LogP contribution in [0.2, 0.25) is 0 Å². The van der Waals surface area contributed by atoms with E-state index in [-0.39, 0.29) is 0 Å². The van der Waals surface area contributed by atoms with E-state index in [9.17, 15) is 4.79 Å². The van der Waals surface area contributed by atoms with E-state index in [0.29, 0.717) is 23.8 Å². The Balaban J connectivity index is 3.01. The normalized spacial score (nSPS) is 12.2. The first kappa shape index (κ1) is 11.8. The van der Waals surface area contributed by atoms with Crippen LogP contribution in [0.3, 0.4) is 0 Å². The predicted octanol–water partition coefficient (Wildman–Crippen LogP) is 3.41. The molecule has 0 unspecified atom stereocenters. The van der Waals surface area contributed by atoms with Gasteiger partial charge in [0.25, 0.3) is 0 Å². The van der Waals surface area contributed by atoms with Crippen LogP contribution in [0.15, 0.2) is 18.2 Å². The molecule has 0 N–H and O–H groups in total. The molecule has 15 heavy (non-hydrogen) atoms. The highest BCUT2D eigenvalue weighted by atomic mass is 16.5. The molecule has 2 heteroatoms. The molecular formula is C13H18O2. The molecule has 0 aliphatic rings. The van der Waals surface area contributed by atoms with Gasteiger partial charge in [-0.25, -0.2) is 0 Å². The van der Waals surface area contributed by atoms with Crippen LogP contribution in [-0.2, 0) is 0 Å². The maximum Gasteiger partial charge on any atom is 0.153 e. The van der Waals surface area contributed by atoms with E-state index >= 15 is 0 Å². The fourth-order valence-electron chi connectivity index (χ4n) is 1.49. The Morgan fingerprint density at radius 1 is 1.40 bits per heavy atom. The van der Waals surface area contributed by atoms with Crippen molar-refractivity contribution in [2.45, 2.75) is 33.1 Å². The molecular weight excluding hydrogens is 188 g/mol. The number of hydrogen-bond donors (Lipinski definition) is 0. The Labute approximate surface area is 91.3 Å². The lowest BCUT2D eigenvalue weighted by atomic mass is 9.97. The minimum Gasteiger partial charge on any atom is -0.493 e. The number of carbonyl (C=O) groups is 1. The van der Waals surface area contributed by atoms with Crippen molar-refractivity contribution < 1.29 is 9.53 Å². The molecule has 0 saturated heterocycles. The van der Waals surface area contributed by atoms with E-state index in [1.165, 1.54) is 5.56 Å². The second-order valence-electron chi connectivity index (χ2n) is 3.66. The second-order valence-corrected chi connectivity index (χ2v) is 3.66. The number of aldehydes is 1. The highest BCUT2D eigenvalue weighted by Crippen LogP contribution is 2.24. The third kappa shape index (κ3) is 2.82. The maximum atomic E-state index is 10.9. The predicted molar refractivity (Wildman–Crippen MR) is 61.7 cm³/mol. The van der Waals surface area contributed by atoms with E-state index in [1.54, 1.807) is 0 Å². The van der Waals surface area contributed by atoms with Crippen LogP contribution in [0.5, 0.6) is 5.75 Å². The molecule has 0 radical (unpaired) electrons. The number of rotatable bonds is 5. The van der Waals surface area contributed by atoms with Gasteiger partial charge < -0.3 is 4.74 Å². The zero-order chi connectivity index (χ0) is 11.3. The van der Waals surface area contributed by atoms with Crippen molar-refractivity contribution in [2.24, 2.45) is 0 Å². The van der Waals surface area contributed by atoms with Crippen molar-refractivity contribution in [1.82, 2.24) is 0 Å². The fourth-order valence-corrected chi connectivity index (χ4v) is 1.49. The maximum absolute atomic E-state index is 10.9. The molecule has 0 fully saturated rings. The largest absolute Gasteiger partial charge is 0.493 e. The van der Waals surface area contributed by atoms with Gasteiger partial charge in [0.1, 0.15) is 5.75 Å². The van der Waals surface area contributed by atoms with Crippen LogP contribution in [0.25, 0.3) is 0 Å². The molecule has 1 aromatic carbocycles. The Morgan fingerprint density at radius 3 is 2.67 bits per heavy atom. The summed E-state index contributed by atoms with van der Waals surface area (Å²) in [6, 6.07) is 5.84. The Bertz CT molecular complexity index is 331. The van der Waals surface area contributed by atoms with Gasteiger partial charge in [0.05, 0.1) is 12.2 Å². The van der Waals surface area contributed by atoms with Crippen molar-refractivity contribution in [3.8, 4) is 5.75 Å². The lowest BCUT2D eigenvalue weighted by Gasteiger charge is -2.12. The van der Waals surface area contributed by atoms with Gasteiger partial charge in [-0.05, 0) is 37.0 Å². The third-order valence-electron chi connectivity index (χ3n) is 2.64. The monoisotopic (exact) mass is 206 g/mol. The van der Waals surface area contributed by atoms with E-state index in [1.807, 2.05) is 25.1 Å². The smallest absolute Gasteiger partial charge is 0.153 e. The first-order valence-corrected chi connectivity index (χ1v) is 5.44. The topological polar surface area (TPSA) is 26.3 Å². The first-order valence-electron chi connectivity index (χ1n) is 5.44. The van der Waals surface area contributed by atoms with Crippen molar-refractivity contribution in [1.29, 1.82) is 0 Å². The fraction of sp³-hybridized carbons (Fsp3) is 0.462. The zero-order valence-corrected chi connectivity index (χ0v) is 9.62. The molecule has 0 aliphatic carbocycles. The standard InChI is InChI=1S/C13H18O2/c1-4-10(3)11-6-7-13(15-5-2)12(8-11)9-14/h6-10H,4-5H2,1-3H3/t10-/m1/s1. The first-order chi connectivity index (χ1) is 7.22. The van der Waals surface area contributed by atoms with E-state index in [0.717, 1.165) is 12.7 Å². The lowest BCUT2D eigenvalue weighted by Crippen LogP contribution is -1.98. The van der Waals surface area contributed by atoms with Crippen molar-refractivity contribution in [3.05, 3.63) is 29.3 Å². The van der Waals surface area contributed by atoms with E-state index in [4.69, 9.17) is 4.74 Å². The Morgan fingerprint density at radius 2 is 2.13 bits per heavy atom. The summed E-state index contributed by atoms with van der Waals surface area (Å²) in [4.78, 5) is 10.9. The number of carbonyl (C=O) groups excluding carboxylic acids is 1. The molecule has 1 aromatic rings. The summed E-state index contributed by atoms with van der Waals surface area (Å²) in [5, 5.41) is 0. The van der Waals surface area contributed by atoms with Crippen molar-refractivity contribution in [3.63, 3.8) is 0 Å². The van der Waals surface area contributed by atoms with Gasteiger partial charge in [-0.3, -0.25) is 4.79 Å². The average molecular weight is 206 g/mol. The van der Waals surface area contributed by atoms with Gasteiger partial charge in [-0.1, -0.05) is 19.9 Å². The van der Waals surface area contributed by atoms with Crippen LogP contribution < -0.4 is 4.74 Å². The molecule has 82 valence electrons. The van der Waals surface area contributed by atoms with Gasteiger partial charge in [0.2, 0.25) is 0 Å². The van der Waals surface area contributed by atoms with Gasteiger partial charge in [-0.15, -0.1) is 0 Å². The molecule has 0 bridgehead atoms. The quantitative estimate of drug-likeness (QED) is 0.690. The van der Waals surface area contributed by atoms with Crippen LogP contribution in [0, 0.1) is 0 Å². The molecule has 0 spiro atoms. The van der Waals surface area contributed by atoms with Crippen LogP contribution in [0.1, 0.15) is 49.0 Å². The summed E-state index contributed by atoms with van der Waals surface area (Å²) >= 11 is 0. The molecule has 0 aromatic heterocycles. The highest BCUT2D eigenvalue weighted by molar-refractivity contribution is 5.79. The molecule has 0 saturated carbocycles. The minimum absolute atomic E-state index is 0.486. The van der Waals surface area contributed by atoms with Crippen LogP contribution in [0.4, 0.5) is 0 Å². The molecule has 1 atom stereocenters. The van der Waals surface area contributed by atoms with E-state index in [2.05, 4.69) is 13.8 Å². The van der Waals surface area contributed by atoms with Crippen LogP contribution in [-0.4, -0.2) is 12.9 Å². The zero-order valence-electron chi connectivity index (χ0n) is 9.62. The number of benzene rings is 1. The molecule has 0 amide bonds. The van der Waals surface area contributed by atoms with Gasteiger partial charge in [0, 0.05) is 0 Å². The minimum atomic E-state index is 0.486. The van der Waals surface area contributed by atoms with Gasteiger partial charge in [-0.2, -0.15) is 0 Å². The summed E-state index contributed by atoms with van der Waals surface area (Å²) in [6.07, 6.45) is 1.93. The van der Waals surface area contributed by atoms with Gasteiger partial charge >= 0.3 is 0 Å². The third-order valence-corrected chi connectivity index (χ3v) is 2.64. The Kier molecular flexibility index (Phi) is 4.35. The second kappa shape index (κ2) is 5.54. The molecule has 0 heterocycles. The summed E-state index contributed by atoms with van der Waals surface area (Å²) in [6.45, 7) is 6.80. The lowest BCUT2D eigenvalue weighted by molar-refractivity contribution is 0.111. The SMILES string of the molecule is CCOc1ccc([C@H](C)CC)cc1C=O. The van der Waals surface area contributed by atoms with Gasteiger partial charge in [0.15, 0.2) is 6.29 Å². The molecule has 0 aliphatic heterocycles. The van der Waals surface area contributed by atoms with E-state index < -0.39 is 0 Å². The molecule has 2 nitrogen and oxygen atoms in total. The number of ether oxygens (including phenoxy) is 1. The average Bonchev–Trinajstić information content (AvgIpc) is 2.29. The Hall–Kier alpha value is -1.31. The summed E-state index contributed by atoms with van der Waals surface area (Å²) in [5.74, 6) is 1.17. The van der Waals surface area contributed by atoms with Crippen molar-refractivity contribution >= 4 is 6.29 Å². The van der Waals surface area contributed by atoms with Crippen LogP contribution >= 0.6 is 0 Å². The number of hydrogen-bond acceptors (Lipinski definition) is 2. The van der Waals surface area contributed by atoms with Crippen molar-refractivity contribution in [2.75, 3.05) is 6.61 Å².